The summed E-state index contributed by atoms with van der Waals surface area (Å²) in [7, 11) is 0. The molecule has 0 fully saturated rings. The summed E-state index contributed by atoms with van der Waals surface area (Å²) in [6.45, 7) is 4.94. The van der Waals surface area contributed by atoms with E-state index in [1.54, 1.807) is 11.3 Å². The number of rotatable bonds is 4. The van der Waals surface area contributed by atoms with Crippen molar-refractivity contribution in [1.29, 1.82) is 0 Å². The minimum absolute atomic E-state index is 0.297. The highest BCUT2D eigenvalue weighted by molar-refractivity contribution is 7.18. The highest BCUT2D eigenvalue weighted by Gasteiger charge is 2.09. The second kappa shape index (κ2) is 5.81. The summed E-state index contributed by atoms with van der Waals surface area (Å²) < 4.78 is 1.25. The molecule has 0 aliphatic carbocycles. The lowest BCUT2D eigenvalue weighted by atomic mass is 10.3. The van der Waals surface area contributed by atoms with Gasteiger partial charge < -0.3 is 5.32 Å². The molecule has 3 heteroatoms. The van der Waals surface area contributed by atoms with Gasteiger partial charge in [0, 0.05) is 13.0 Å². The van der Waals surface area contributed by atoms with Crippen molar-refractivity contribution in [2.24, 2.45) is 0 Å². The predicted molar refractivity (Wildman–Crippen MR) is 74.1 cm³/mol. The molecule has 1 N–H and O–H groups in total. The SMILES string of the molecule is CC#CCCNC(C)c1nc2ccccc2s1. The van der Waals surface area contributed by atoms with Crippen LogP contribution in [0.2, 0.25) is 0 Å². The van der Waals surface area contributed by atoms with E-state index in [1.165, 1.54) is 4.70 Å². The van der Waals surface area contributed by atoms with Crippen LogP contribution in [0.1, 0.15) is 31.3 Å². The Kier molecular flexibility index (Phi) is 4.13. The molecule has 1 aromatic carbocycles. The molecule has 0 saturated heterocycles. The molecular weight excluding hydrogens is 228 g/mol. The van der Waals surface area contributed by atoms with Crippen LogP contribution < -0.4 is 5.32 Å². The first-order valence-corrected chi connectivity index (χ1v) is 6.61. The maximum atomic E-state index is 4.63. The summed E-state index contributed by atoms with van der Waals surface area (Å²) >= 11 is 1.76. The van der Waals surface area contributed by atoms with E-state index in [4.69, 9.17) is 0 Å². The molecule has 1 atom stereocenters. The fourth-order valence-corrected chi connectivity index (χ4v) is 2.63. The Labute approximate surface area is 106 Å². The number of nitrogens with zero attached hydrogens (tertiary/aromatic N) is 1. The lowest BCUT2D eigenvalue weighted by Crippen LogP contribution is -2.19. The molecule has 1 unspecified atom stereocenters. The largest absolute Gasteiger partial charge is 0.307 e. The van der Waals surface area contributed by atoms with Crippen LogP contribution in [0.25, 0.3) is 10.2 Å². The molecule has 2 rings (SSSR count). The second-order valence-corrected chi connectivity index (χ2v) is 4.93. The molecule has 88 valence electrons. The lowest BCUT2D eigenvalue weighted by Gasteiger charge is -2.08. The van der Waals surface area contributed by atoms with Crippen LogP contribution in [0, 0.1) is 11.8 Å². The number of nitrogens with one attached hydrogen (secondary N) is 1. The van der Waals surface area contributed by atoms with E-state index in [9.17, 15) is 0 Å². The van der Waals surface area contributed by atoms with E-state index in [1.807, 2.05) is 13.0 Å². The third kappa shape index (κ3) is 3.06. The van der Waals surface area contributed by atoms with Gasteiger partial charge in [-0.2, -0.15) is 0 Å². The number of hydrogen-bond donors (Lipinski definition) is 1. The van der Waals surface area contributed by atoms with Gasteiger partial charge in [0.1, 0.15) is 5.01 Å². The lowest BCUT2D eigenvalue weighted by molar-refractivity contribution is 0.582. The van der Waals surface area contributed by atoms with Crippen molar-refractivity contribution in [1.82, 2.24) is 10.3 Å². The Hall–Kier alpha value is -1.37. The van der Waals surface area contributed by atoms with E-state index in [0.29, 0.717) is 6.04 Å². The van der Waals surface area contributed by atoms with E-state index < -0.39 is 0 Å². The molecule has 0 aliphatic heterocycles. The second-order valence-electron chi connectivity index (χ2n) is 3.87. The van der Waals surface area contributed by atoms with Gasteiger partial charge in [-0.25, -0.2) is 4.98 Å². The quantitative estimate of drug-likeness (QED) is 0.659. The third-order valence-corrected chi connectivity index (χ3v) is 3.78. The molecule has 17 heavy (non-hydrogen) atoms. The first kappa shape index (κ1) is 12.1. The van der Waals surface area contributed by atoms with Crippen molar-refractivity contribution in [2.75, 3.05) is 6.54 Å². The minimum atomic E-state index is 0.297. The normalized spacial score (nSPS) is 12.1. The van der Waals surface area contributed by atoms with Gasteiger partial charge in [0.25, 0.3) is 0 Å². The van der Waals surface area contributed by atoms with E-state index >= 15 is 0 Å². The fourth-order valence-electron chi connectivity index (χ4n) is 1.64. The van der Waals surface area contributed by atoms with Gasteiger partial charge in [0.2, 0.25) is 0 Å². The summed E-state index contributed by atoms with van der Waals surface area (Å²) in [4.78, 5) is 4.63. The predicted octanol–water partition coefficient (Wildman–Crippen LogP) is 3.36. The maximum Gasteiger partial charge on any atom is 0.111 e. The Balaban J connectivity index is 2.02. The van der Waals surface area contributed by atoms with Crippen LogP contribution in [0.4, 0.5) is 0 Å². The third-order valence-electron chi connectivity index (χ3n) is 2.56. The van der Waals surface area contributed by atoms with Gasteiger partial charge in [-0.15, -0.1) is 23.2 Å². The van der Waals surface area contributed by atoms with Crippen LogP contribution in [-0.2, 0) is 0 Å². The Morgan fingerprint density at radius 3 is 3.00 bits per heavy atom. The summed E-state index contributed by atoms with van der Waals surface area (Å²) in [6.07, 6.45) is 0.895. The zero-order valence-electron chi connectivity index (χ0n) is 10.2. The van der Waals surface area contributed by atoms with Crippen molar-refractivity contribution < 1.29 is 0 Å². The Bertz CT molecular complexity index is 515. The maximum absolute atomic E-state index is 4.63. The van der Waals surface area contributed by atoms with Crippen LogP contribution in [0.5, 0.6) is 0 Å². The van der Waals surface area contributed by atoms with Gasteiger partial charge >= 0.3 is 0 Å². The number of para-hydroxylation sites is 1. The number of aromatic nitrogens is 1. The molecule has 0 spiro atoms. The number of benzene rings is 1. The molecule has 1 heterocycles. The molecule has 2 nitrogen and oxygen atoms in total. The average molecular weight is 244 g/mol. The Morgan fingerprint density at radius 1 is 1.41 bits per heavy atom. The molecule has 0 bridgehead atoms. The Morgan fingerprint density at radius 2 is 2.24 bits per heavy atom. The summed E-state index contributed by atoms with van der Waals surface area (Å²) in [5, 5.41) is 4.59. The zero-order chi connectivity index (χ0) is 12.1. The number of thiazole rings is 1. The first-order chi connectivity index (χ1) is 8.31. The van der Waals surface area contributed by atoms with Crippen LogP contribution >= 0.6 is 11.3 Å². The van der Waals surface area contributed by atoms with Crippen LogP contribution in [-0.4, -0.2) is 11.5 Å². The molecule has 0 saturated carbocycles. The zero-order valence-corrected chi connectivity index (χ0v) is 11.0. The van der Waals surface area contributed by atoms with Gasteiger partial charge in [-0.3, -0.25) is 0 Å². The summed E-state index contributed by atoms with van der Waals surface area (Å²) in [5.41, 5.74) is 1.09. The summed E-state index contributed by atoms with van der Waals surface area (Å²) in [6, 6.07) is 8.56. The van der Waals surface area contributed by atoms with Crippen molar-refractivity contribution >= 4 is 21.6 Å². The fraction of sp³-hybridized carbons (Fsp3) is 0.357. The van der Waals surface area contributed by atoms with Crippen molar-refractivity contribution in [3.63, 3.8) is 0 Å². The molecule has 0 aliphatic rings. The highest BCUT2D eigenvalue weighted by Crippen LogP contribution is 2.25. The average Bonchev–Trinajstić information content (AvgIpc) is 2.78. The number of hydrogen-bond acceptors (Lipinski definition) is 3. The smallest absolute Gasteiger partial charge is 0.111 e. The first-order valence-electron chi connectivity index (χ1n) is 5.79. The monoisotopic (exact) mass is 244 g/mol. The van der Waals surface area contributed by atoms with Gasteiger partial charge in [0.15, 0.2) is 0 Å². The van der Waals surface area contributed by atoms with E-state index in [-0.39, 0.29) is 0 Å². The highest BCUT2D eigenvalue weighted by atomic mass is 32.1. The molecule has 2 aromatic rings. The molecule has 1 aromatic heterocycles. The van der Waals surface area contributed by atoms with E-state index in [0.717, 1.165) is 23.5 Å². The topological polar surface area (TPSA) is 24.9 Å². The van der Waals surface area contributed by atoms with Gasteiger partial charge in [0.05, 0.1) is 16.3 Å². The standard InChI is InChI=1S/C14H16N2S/c1-3-4-7-10-15-11(2)14-16-12-8-5-6-9-13(12)17-14/h5-6,8-9,11,15H,7,10H2,1-2H3. The molecular formula is C14H16N2S. The molecule has 0 amide bonds. The molecule has 0 radical (unpaired) electrons. The van der Waals surface area contributed by atoms with Gasteiger partial charge in [-0.05, 0) is 26.0 Å². The van der Waals surface area contributed by atoms with Crippen LogP contribution in [0.3, 0.4) is 0 Å². The van der Waals surface area contributed by atoms with Crippen molar-refractivity contribution in [3.05, 3.63) is 29.3 Å². The minimum Gasteiger partial charge on any atom is -0.307 e. The van der Waals surface area contributed by atoms with Crippen molar-refractivity contribution in [2.45, 2.75) is 26.3 Å². The summed E-state index contributed by atoms with van der Waals surface area (Å²) in [5.74, 6) is 5.95. The van der Waals surface area contributed by atoms with E-state index in [2.05, 4.69) is 47.3 Å². The van der Waals surface area contributed by atoms with Crippen LogP contribution in [0.15, 0.2) is 24.3 Å². The van der Waals surface area contributed by atoms with Gasteiger partial charge in [-0.1, -0.05) is 12.1 Å². The number of fused-ring (bicyclic) bond motifs is 1. The van der Waals surface area contributed by atoms with Crippen molar-refractivity contribution in [3.8, 4) is 11.8 Å².